The molecule has 0 amide bonds. The molecule has 88 valence electrons. The summed E-state index contributed by atoms with van der Waals surface area (Å²) in [4.78, 5) is 16.8. The highest BCUT2D eigenvalue weighted by Gasteiger charge is 2.10. The van der Waals surface area contributed by atoms with Crippen molar-refractivity contribution in [2.24, 2.45) is 0 Å². The van der Waals surface area contributed by atoms with Gasteiger partial charge in [0.2, 0.25) is 5.88 Å². The largest absolute Gasteiger partial charge is 0.436 e. The fourth-order valence-corrected chi connectivity index (χ4v) is 1.14. The van der Waals surface area contributed by atoms with Crippen LogP contribution in [0.3, 0.4) is 0 Å². The Morgan fingerprint density at radius 1 is 1.24 bits per heavy atom. The minimum Gasteiger partial charge on any atom is -0.436 e. The van der Waals surface area contributed by atoms with Crippen molar-refractivity contribution in [2.45, 2.75) is 0 Å². The number of nitrogens with zero attached hydrogens (tertiary/aromatic N) is 1. The van der Waals surface area contributed by atoms with Gasteiger partial charge in [-0.25, -0.2) is 13.8 Å². The van der Waals surface area contributed by atoms with Crippen LogP contribution in [0.2, 0.25) is 0 Å². The third-order valence-corrected chi connectivity index (χ3v) is 1.92. The van der Waals surface area contributed by atoms with Crippen LogP contribution < -0.4 is 16.0 Å². The smallest absolute Gasteiger partial charge is 0.254 e. The standard InChI is InChI=1S/C10H7F2N3O2/c11-5-2-8(6(12)1-7(5)13)17-10-3-9(16)14-4-15-10/h1-4H,13H2,(H,14,15,16). The number of aromatic amines is 1. The summed E-state index contributed by atoms with van der Waals surface area (Å²) < 4.78 is 31.3. The first-order valence-corrected chi connectivity index (χ1v) is 4.53. The Morgan fingerprint density at radius 2 is 2.00 bits per heavy atom. The molecule has 3 N–H and O–H groups in total. The Balaban J connectivity index is 2.36. The molecule has 1 heterocycles. The number of H-pyrrole nitrogens is 1. The van der Waals surface area contributed by atoms with Gasteiger partial charge >= 0.3 is 0 Å². The van der Waals surface area contributed by atoms with E-state index in [2.05, 4.69) is 9.97 Å². The van der Waals surface area contributed by atoms with E-state index in [4.69, 9.17) is 10.5 Å². The first kappa shape index (κ1) is 11.1. The summed E-state index contributed by atoms with van der Waals surface area (Å²) in [6.45, 7) is 0. The van der Waals surface area contributed by atoms with E-state index in [-0.39, 0.29) is 11.6 Å². The first-order chi connectivity index (χ1) is 8.06. The van der Waals surface area contributed by atoms with E-state index in [1.807, 2.05) is 0 Å². The van der Waals surface area contributed by atoms with E-state index < -0.39 is 22.9 Å². The molecule has 0 spiro atoms. The van der Waals surface area contributed by atoms with Gasteiger partial charge in [-0.15, -0.1) is 0 Å². The van der Waals surface area contributed by atoms with Crippen LogP contribution in [0.1, 0.15) is 0 Å². The molecule has 0 fully saturated rings. The molecule has 2 rings (SSSR count). The molecule has 0 atom stereocenters. The third kappa shape index (κ3) is 2.39. The highest BCUT2D eigenvalue weighted by molar-refractivity contribution is 5.45. The van der Waals surface area contributed by atoms with Gasteiger partial charge in [0.15, 0.2) is 11.6 Å². The van der Waals surface area contributed by atoms with Gasteiger partial charge in [-0.05, 0) is 0 Å². The maximum absolute atomic E-state index is 13.3. The minimum absolute atomic E-state index is 0.142. The van der Waals surface area contributed by atoms with Gasteiger partial charge in [-0.1, -0.05) is 0 Å². The number of hydrogen-bond donors (Lipinski definition) is 2. The molecule has 0 radical (unpaired) electrons. The van der Waals surface area contributed by atoms with Gasteiger partial charge in [-0.2, -0.15) is 0 Å². The maximum Gasteiger partial charge on any atom is 0.254 e. The number of benzene rings is 1. The van der Waals surface area contributed by atoms with Crippen LogP contribution in [0, 0.1) is 11.6 Å². The molecule has 1 aromatic heterocycles. The Kier molecular flexibility index (Phi) is 2.73. The lowest BCUT2D eigenvalue weighted by Gasteiger charge is -2.06. The molecule has 0 aliphatic heterocycles. The molecule has 7 heteroatoms. The highest BCUT2D eigenvalue weighted by Crippen LogP contribution is 2.26. The SMILES string of the molecule is Nc1cc(F)c(Oc2cc(=O)[nH]cn2)cc1F. The van der Waals surface area contributed by atoms with E-state index in [1.165, 1.54) is 0 Å². The van der Waals surface area contributed by atoms with Crippen molar-refractivity contribution in [3.8, 4) is 11.6 Å². The molecule has 1 aromatic carbocycles. The lowest BCUT2D eigenvalue weighted by molar-refractivity contribution is 0.421. The zero-order valence-corrected chi connectivity index (χ0v) is 8.41. The number of nitrogen functional groups attached to an aromatic ring is 1. The average Bonchev–Trinajstić information content (AvgIpc) is 2.26. The maximum atomic E-state index is 13.3. The van der Waals surface area contributed by atoms with Gasteiger partial charge in [0.1, 0.15) is 5.82 Å². The number of anilines is 1. The monoisotopic (exact) mass is 239 g/mol. The second-order valence-electron chi connectivity index (χ2n) is 3.16. The number of hydrogen-bond acceptors (Lipinski definition) is 4. The van der Waals surface area contributed by atoms with Crippen molar-refractivity contribution < 1.29 is 13.5 Å². The summed E-state index contributed by atoms with van der Waals surface area (Å²) >= 11 is 0. The number of ether oxygens (including phenoxy) is 1. The summed E-state index contributed by atoms with van der Waals surface area (Å²) in [5.74, 6) is -2.19. The molecule has 0 unspecified atom stereocenters. The van der Waals surface area contributed by atoms with Crippen LogP contribution in [0.5, 0.6) is 11.6 Å². The van der Waals surface area contributed by atoms with Gasteiger partial charge < -0.3 is 15.5 Å². The van der Waals surface area contributed by atoms with Gasteiger partial charge in [0, 0.05) is 12.1 Å². The average molecular weight is 239 g/mol. The van der Waals surface area contributed by atoms with Crippen molar-refractivity contribution in [1.29, 1.82) is 0 Å². The molecule has 0 aliphatic carbocycles. The second kappa shape index (κ2) is 4.20. The Hall–Kier alpha value is -2.44. The van der Waals surface area contributed by atoms with Crippen LogP contribution in [-0.4, -0.2) is 9.97 Å². The second-order valence-corrected chi connectivity index (χ2v) is 3.16. The predicted molar refractivity (Wildman–Crippen MR) is 55.7 cm³/mol. The summed E-state index contributed by atoms with van der Waals surface area (Å²) in [6, 6.07) is 2.58. The molecule has 2 aromatic rings. The lowest BCUT2D eigenvalue weighted by Crippen LogP contribution is -2.05. The van der Waals surface area contributed by atoms with Crippen molar-refractivity contribution in [1.82, 2.24) is 9.97 Å². The lowest BCUT2D eigenvalue weighted by atomic mass is 10.3. The van der Waals surface area contributed by atoms with Crippen molar-refractivity contribution in [3.63, 3.8) is 0 Å². The Bertz CT molecular complexity index is 613. The van der Waals surface area contributed by atoms with Crippen molar-refractivity contribution in [3.05, 3.63) is 46.5 Å². The summed E-state index contributed by atoms with van der Waals surface area (Å²) in [6.07, 6.45) is 1.09. The summed E-state index contributed by atoms with van der Waals surface area (Å²) in [5, 5.41) is 0. The third-order valence-electron chi connectivity index (χ3n) is 1.92. The van der Waals surface area contributed by atoms with Gasteiger partial charge in [0.25, 0.3) is 5.56 Å². The first-order valence-electron chi connectivity index (χ1n) is 4.53. The highest BCUT2D eigenvalue weighted by atomic mass is 19.1. The number of rotatable bonds is 2. The van der Waals surface area contributed by atoms with Crippen LogP contribution >= 0.6 is 0 Å². The molecule has 17 heavy (non-hydrogen) atoms. The number of nitrogens with one attached hydrogen (secondary N) is 1. The normalized spacial score (nSPS) is 10.2. The quantitative estimate of drug-likeness (QED) is 0.776. The number of halogens is 2. The minimum atomic E-state index is -0.842. The fourth-order valence-electron chi connectivity index (χ4n) is 1.14. The van der Waals surface area contributed by atoms with Crippen LogP contribution in [-0.2, 0) is 0 Å². The predicted octanol–water partition coefficient (Wildman–Crippen LogP) is 1.42. The van der Waals surface area contributed by atoms with E-state index in [1.54, 1.807) is 0 Å². The zero-order chi connectivity index (χ0) is 12.4. The van der Waals surface area contributed by atoms with E-state index in [0.717, 1.165) is 24.5 Å². The zero-order valence-electron chi connectivity index (χ0n) is 8.41. The van der Waals surface area contributed by atoms with Gasteiger partial charge in [-0.3, -0.25) is 4.79 Å². The van der Waals surface area contributed by atoms with Crippen molar-refractivity contribution in [2.75, 3.05) is 5.73 Å². The summed E-state index contributed by atoms with van der Waals surface area (Å²) in [5.41, 5.74) is 4.37. The fraction of sp³-hybridized carbons (Fsp3) is 0. The Labute approximate surface area is 93.9 Å². The van der Waals surface area contributed by atoms with E-state index in [0.29, 0.717) is 0 Å². The van der Waals surface area contributed by atoms with Crippen LogP contribution in [0.15, 0.2) is 29.3 Å². The van der Waals surface area contributed by atoms with Crippen LogP contribution in [0.25, 0.3) is 0 Å². The van der Waals surface area contributed by atoms with Crippen molar-refractivity contribution >= 4 is 5.69 Å². The topological polar surface area (TPSA) is 81.0 Å². The molecular weight excluding hydrogens is 232 g/mol. The van der Waals surface area contributed by atoms with Gasteiger partial charge in [0.05, 0.1) is 18.1 Å². The van der Waals surface area contributed by atoms with Crippen LogP contribution in [0.4, 0.5) is 14.5 Å². The molecule has 0 bridgehead atoms. The molecule has 0 saturated heterocycles. The molecule has 5 nitrogen and oxygen atoms in total. The van der Waals surface area contributed by atoms with E-state index >= 15 is 0 Å². The molecule has 0 aliphatic rings. The molecular formula is C10H7F2N3O2. The summed E-state index contributed by atoms with van der Waals surface area (Å²) in [7, 11) is 0. The Morgan fingerprint density at radius 3 is 2.71 bits per heavy atom. The molecule has 0 saturated carbocycles. The van der Waals surface area contributed by atoms with E-state index in [9.17, 15) is 13.6 Å². The number of nitrogens with two attached hydrogens (primary N) is 1. The number of aromatic nitrogens is 2.